The van der Waals surface area contributed by atoms with Gasteiger partial charge in [-0.05, 0) is 19.9 Å². The molecular weight excluding hydrogens is 166 g/mol. The molecule has 0 aliphatic rings. The molecular formula is C10H19NO2. The van der Waals surface area contributed by atoms with Gasteiger partial charge in [0.2, 0.25) is 0 Å². The Kier molecular flexibility index (Phi) is 10.9. The van der Waals surface area contributed by atoms with Gasteiger partial charge in [-0.1, -0.05) is 5.92 Å². The molecule has 1 N–H and O–H groups in total. The van der Waals surface area contributed by atoms with Crippen molar-refractivity contribution in [1.29, 1.82) is 0 Å². The summed E-state index contributed by atoms with van der Waals surface area (Å²) in [6.45, 7) is 5.72. The van der Waals surface area contributed by atoms with E-state index in [0.717, 1.165) is 26.1 Å². The molecule has 0 saturated carbocycles. The number of rotatable bonds is 8. The fourth-order valence-corrected chi connectivity index (χ4v) is 0.783. The summed E-state index contributed by atoms with van der Waals surface area (Å²) in [5.74, 6) is 5.76. The largest absolute Gasteiger partial charge is 0.382 e. The maximum Gasteiger partial charge on any atom is 0.0700 e. The van der Waals surface area contributed by atoms with Crippen LogP contribution in [0.2, 0.25) is 0 Å². The van der Waals surface area contributed by atoms with Crippen molar-refractivity contribution in [3.05, 3.63) is 0 Å². The normalized spacial score (nSPS) is 9.38. The van der Waals surface area contributed by atoms with Crippen molar-refractivity contribution in [3.63, 3.8) is 0 Å². The number of ether oxygens (including phenoxy) is 2. The predicted molar refractivity (Wildman–Crippen MR) is 53.6 cm³/mol. The third kappa shape index (κ3) is 11.4. The molecule has 0 aromatic rings. The summed E-state index contributed by atoms with van der Waals surface area (Å²) in [4.78, 5) is 0. The van der Waals surface area contributed by atoms with E-state index in [1.165, 1.54) is 0 Å². The SMILES string of the molecule is CC#CCNCCCOCCOC. The molecule has 0 fully saturated rings. The van der Waals surface area contributed by atoms with Crippen LogP contribution in [0.25, 0.3) is 0 Å². The van der Waals surface area contributed by atoms with E-state index >= 15 is 0 Å². The van der Waals surface area contributed by atoms with Gasteiger partial charge in [0.15, 0.2) is 0 Å². The zero-order valence-corrected chi connectivity index (χ0v) is 8.56. The van der Waals surface area contributed by atoms with E-state index in [9.17, 15) is 0 Å². The molecule has 0 heterocycles. The van der Waals surface area contributed by atoms with Crippen LogP contribution < -0.4 is 5.32 Å². The Bertz CT molecular complexity index is 149. The third-order valence-electron chi connectivity index (χ3n) is 1.46. The van der Waals surface area contributed by atoms with Crippen LogP contribution in [0, 0.1) is 11.8 Å². The van der Waals surface area contributed by atoms with E-state index in [-0.39, 0.29) is 0 Å². The van der Waals surface area contributed by atoms with Gasteiger partial charge in [-0.3, -0.25) is 0 Å². The monoisotopic (exact) mass is 185 g/mol. The number of methoxy groups -OCH3 is 1. The number of hydrogen-bond acceptors (Lipinski definition) is 3. The molecule has 0 saturated heterocycles. The second kappa shape index (κ2) is 11.4. The highest BCUT2D eigenvalue weighted by Crippen LogP contribution is 1.81. The summed E-state index contributed by atoms with van der Waals surface area (Å²) in [5.41, 5.74) is 0. The third-order valence-corrected chi connectivity index (χ3v) is 1.46. The Balaban J connectivity index is 2.86. The second-order valence-corrected chi connectivity index (χ2v) is 2.56. The molecule has 0 spiro atoms. The first-order valence-corrected chi connectivity index (χ1v) is 4.58. The Morgan fingerprint density at radius 1 is 1.23 bits per heavy atom. The van der Waals surface area contributed by atoms with Crippen LogP contribution in [0.15, 0.2) is 0 Å². The highest BCUT2D eigenvalue weighted by Gasteiger charge is 1.87. The molecule has 3 heteroatoms. The molecule has 0 bridgehead atoms. The lowest BCUT2D eigenvalue weighted by Gasteiger charge is -2.03. The first-order valence-electron chi connectivity index (χ1n) is 4.58. The molecule has 0 aliphatic carbocycles. The molecule has 0 rings (SSSR count). The highest BCUT2D eigenvalue weighted by molar-refractivity contribution is 4.96. The van der Waals surface area contributed by atoms with Crippen LogP contribution in [-0.4, -0.2) is 40.0 Å². The summed E-state index contributed by atoms with van der Waals surface area (Å²) in [6, 6.07) is 0. The minimum absolute atomic E-state index is 0.675. The first-order chi connectivity index (χ1) is 6.41. The average molecular weight is 185 g/mol. The fourth-order valence-electron chi connectivity index (χ4n) is 0.783. The van der Waals surface area contributed by atoms with Gasteiger partial charge in [-0.2, -0.15) is 0 Å². The van der Waals surface area contributed by atoms with E-state index in [1.807, 2.05) is 6.92 Å². The van der Waals surface area contributed by atoms with Crippen molar-refractivity contribution < 1.29 is 9.47 Å². The molecule has 0 aliphatic heterocycles. The van der Waals surface area contributed by atoms with Gasteiger partial charge in [0.1, 0.15) is 0 Å². The van der Waals surface area contributed by atoms with Crippen LogP contribution in [0.5, 0.6) is 0 Å². The highest BCUT2D eigenvalue weighted by atomic mass is 16.5. The second-order valence-electron chi connectivity index (χ2n) is 2.56. The van der Waals surface area contributed by atoms with Gasteiger partial charge < -0.3 is 14.8 Å². The lowest BCUT2D eigenvalue weighted by atomic mass is 10.4. The molecule has 0 atom stereocenters. The standard InChI is InChI=1S/C10H19NO2/c1-3-4-6-11-7-5-8-13-10-9-12-2/h11H,5-10H2,1-2H3. The van der Waals surface area contributed by atoms with E-state index in [1.54, 1.807) is 7.11 Å². The van der Waals surface area contributed by atoms with Gasteiger partial charge in [0, 0.05) is 13.7 Å². The van der Waals surface area contributed by atoms with Gasteiger partial charge in [-0.25, -0.2) is 0 Å². The molecule has 0 radical (unpaired) electrons. The molecule has 0 aromatic carbocycles. The molecule has 3 nitrogen and oxygen atoms in total. The topological polar surface area (TPSA) is 30.5 Å². The Labute approximate surface area is 80.8 Å². The minimum Gasteiger partial charge on any atom is -0.382 e. The van der Waals surface area contributed by atoms with Gasteiger partial charge in [-0.15, -0.1) is 5.92 Å². The Morgan fingerprint density at radius 2 is 2.08 bits per heavy atom. The van der Waals surface area contributed by atoms with Crippen molar-refractivity contribution in [3.8, 4) is 11.8 Å². The summed E-state index contributed by atoms with van der Waals surface area (Å²) >= 11 is 0. The van der Waals surface area contributed by atoms with Gasteiger partial charge in [0.25, 0.3) is 0 Å². The lowest BCUT2D eigenvalue weighted by Crippen LogP contribution is -2.17. The van der Waals surface area contributed by atoms with Crippen molar-refractivity contribution >= 4 is 0 Å². The van der Waals surface area contributed by atoms with E-state index in [2.05, 4.69) is 17.2 Å². The van der Waals surface area contributed by atoms with Crippen LogP contribution >= 0.6 is 0 Å². The quantitative estimate of drug-likeness (QED) is 0.445. The van der Waals surface area contributed by atoms with Crippen molar-refractivity contribution in [2.75, 3.05) is 40.0 Å². The van der Waals surface area contributed by atoms with Crippen LogP contribution in [0.1, 0.15) is 13.3 Å². The summed E-state index contributed by atoms with van der Waals surface area (Å²) in [7, 11) is 1.67. The number of hydrogen-bond donors (Lipinski definition) is 1. The molecule has 0 unspecified atom stereocenters. The Hall–Kier alpha value is -0.560. The Morgan fingerprint density at radius 3 is 2.77 bits per heavy atom. The zero-order chi connectivity index (χ0) is 9.78. The molecule has 0 aromatic heterocycles. The fraction of sp³-hybridized carbons (Fsp3) is 0.800. The smallest absolute Gasteiger partial charge is 0.0700 e. The van der Waals surface area contributed by atoms with E-state index in [4.69, 9.17) is 9.47 Å². The van der Waals surface area contributed by atoms with Crippen LogP contribution in [-0.2, 0) is 9.47 Å². The molecule has 0 amide bonds. The van der Waals surface area contributed by atoms with E-state index in [0.29, 0.717) is 13.2 Å². The minimum atomic E-state index is 0.675. The van der Waals surface area contributed by atoms with Crippen LogP contribution in [0.4, 0.5) is 0 Å². The zero-order valence-electron chi connectivity index (χ0n) is 8.56. The van der Waals surface area contributed by atoms with Crippen molar-refractivity contribution in [2.24, 2.45) is 0 Å². The lowest BCUT2D eigenvalue weighted by molar-refractivity contribution is 0.0696. The first kappa shape index (κ1) is 12.4. The van der Waals surface area contributed by atoms with Gasteiger partial charge in [0.05, 0.1) is 19.8 Å². The van der Waals surface area contributed by atoms with Crippen molar-refractivity contribution in [1.82, 2.24) is 5.32 Å². The maximum absolute atomic E-state index is 5.28. The summed E-state index contributed by atoms with van der Waals surface area (Å²) in [6.07, 6.45) is 1.02. The van der Waals surface area contributed by atoms with Crippen molar-refractivity contribution in [2.45, 2.75) is 13.3 Å². The summed E-state index contributed by atoms with van der Waals surface area (Å²) < 4.78 is 10.1. The van der Waals surface area contributed by atoms with Gasteiger partial charge >= 0.3 is 0 Å². The number of nitrogens with one attached hydrogen (secondary N) is 1. The predicted octanol–water partition coefficient (Wildman–Crippen LogP) is 0.652. The molecule has 13 heavy (non-hydrogen) atoms. The van der Waals surface area contributed by atoms with Crippen LogP contribution in [0.3, 0.4) is 0 Å². The summed E-state index contributed by atoms with van der Waals surface area (Å²) in [5, 5.41) is 3.19. The van der Waals surface area contributed by atoms with E-state index < -0.39 is 0 Å². The maximum atomic E-state index is 5.28. The molecule has 76 valence electrons. The average Bonchev–Trinajstić information content (AvgIpc) is 2.16.